The van der Waals surface area contributed by atoms with Crippen molar-refractivity contribution in [3.05, 3.63) is 144 Å². The van der Waals surface area contributed by atoms with E-state index in [-0.39, 0.29) is 115 Å². The van der Waals surface area contributed by atoms with E-state index in [2.05, 4.69) is 14.8 Å². The Hall–Kier alpha value is -5.09. The van der Waals surface area contributed by atoms with Gasteiger partial charge in [0.15, 0.2) is 58.5 Å². The van der Waals surface area contributed by atoms with Crippen LogP contribution in [0.25, 0.3) is 0 Å². The van der Waals surface area contributed by atoms with E-state index in [1.807, 2.05) is 0 Å². The van der Waals surface area contributed by atoms with E-state index >= 15 is 0 Å². The minimum Gasteiger partial charge on any atom is -0.619 e. The number of hydrogen-bond donors (Lipinski definition) is 2. The van der Waals surface area contributed by atoms with Crippen LogP contribution in [-0.2, 0) is 41.9 Å². The fraction of sp³-hybridized carbons (Fsp3) is 0.392. The van der Waals surface area contributed by atoms with E-state index in [1.165, 1.54) is 66.4 Å². The fourth-order valence-electron chi connectivity index (χ4n) is 8.11. The van der Waals surface area contributed by atoms with Gasteiger partial charge in [0.05, 0.1) is 23.7 Å². The van der Waals surface area contributed by atoms with Crippen LogP contribution in [0.2, 0.25) is 20.1 Å². The van der Waals surface area contributed by atoms with Crippen LogP contribution in [0.3, 0.4) is 0 Å². The molecule has 2 aliphatic heterocycles. The lowest BCUT2D eigenvalue weighted by Crippen LogP contribution is -2.40. The standard InChI is InChI=1S/C29H26Cl2F2N2O9S2.C22H22Cl2F2N2O5S.ClH/c30-21-13-34(39)14-22(31)20(21)12-24(17-6-7-23(44-29(32)33)25(11-17)42-15-16-4-5-16)43-28(38)26-35(8-9-45-26)46(40,41)19-3-1-2-18(10-19)27(36)37;23-15-9-28(30)10-16(24)14(15)8-18(32-21(29)20-27-5-6-34-20)13-3-4-17(33-22(25)26)19(7-13)31-11-12-1-2-12;/h1-3,6-7,10-11,13-14,16,24,26,29H,4-5,8-9,12,15H2,(H,36,37);3-4,7,9-10,12,18,20,22,27H,1-2,5-6,8,11H2;1H/t24-,26-;18-,20-;/m00./s1. The molecule has 4 fully saturated rings. The molecule has 4 heterocycles. The van der Waals surface area contributed by atoms with E-state index in [0.717, 1.165) is 78.4 Å². The topological polar surface area (TPSA) is 230 Å². The van der Waals surface area contributed by atoms with E-state index in [4.69, 9.17) is 65.4 Å². The van der Waals surface area contributed by atoms with Gasteiger partial charge in [0.25, 0.3) is 0 Å². The largest absolute Gasteiger partial charge is 0.619 e. The van der Waals surface area contributed by atoms with Gasteiger partial charge < -0.3 is 43.9 Å². The number of esters is 2. The summed E-state index contributed by atoms with van der Waals surface area (Å²) >= 11 is 27.5. The predicted molar refractivity (Wildman–Crippen MR) is 294 cm³/mol. The quantitative estimate of drug-likeness (QED) is 0.0268. The number of nitrogens with one attached hydrogen (secondary N) is 1. The summed E-state index contributed by atoms with van der Waals surface area (Å²) in [5.41, 5.74) is 1.14. The number of pyridine rings is 2. The number of aromatic nitrogens is 2. The van der Waals surface area contributed by atoms with Gasteiger partial charge >= 0.3 is 31.1 Å². The van der Waals surface area contributed by atoms with Crippen LogP contribution in [0.4, 0.5) is 17.6 Å². The second-order valence-electron chi connectivity index (χ2n) is 18.4. The van der Waals surface area contributed by atoms with Gasteiger partial charge in [0, 0.05) is 48.6 Å². The van der Waals surface area contributed by atoms with E-state index in [1.54, 1.807) is 0 Å². The van der Waals surface area contributed by atoms with Gasteiger partial charge in [0.2, 0.25) is 10.0 Å². The van der Waals surface area contributed by atoms with Crippen molar-refractivity contribution in [2.75, 3.05) is 37.8 Å². The Balaban J connectivity index is 0.000000241. The average Bonchev–Trinajstić information content (AvgIpc) is 4.31. The highest BCUT2D eigenvalue weighted by molar-refractivity contribution is 8.02. The average molecular weight is 1290 g/mol. The van der Waals surface area contributed by atoms with Gasteiger partial charge in [-0.2, -0.15) is 31.3 Å². The number of alkyl halides is 4. The zero-order valence-corrected chi connectivity index (χ0v) is 48.2. The summed E-state index contributed by atoms with van der Waals surface area (Å²) in [6.07, 6.45) is 6.07. The van der Waals surface area contributed by atoms with Gasteiger partial charge in [-0.05, 0) is 91.1 Å². The molecule has 2 aliphatic carbocycles. The molecule has 3 aromatic carbocycles. The monoisotopic (exact) mass is 1290 g/mol. The molecule has 0 amide bonds. The van der Waals surface area contributed by atoms with Crippen molar-refractivity contribution < 1.29 is 83.4 Å². The first kappa shape index (κ1) is 63.5. The fourth-order valence-corrected chi connectivity index (χ4v) is 13.3. The molecule has 2 N–H and O–H groups in total. The normalized spacial score (nSPS) is 17.8. The second-order valence-corrected chi connectivity index (χ2v) is 24.3. The summed E-state index contributed by atoms with van der Waals surface area (Å²) in [7, 11) is -4.34. The van der Waals surface area contributed by atoms with Crippen molar-refractivity contribution in [3.63, 3.8) is 0 Å². The maximum atomic E-state index is 13.7. The third-order valence-electron chi connectivity index (χ3n) is 12.5. The second kappa shape index (κ2) is 28.5. The molecule has 0 radical (unpaired) electrons. The van der Waals surface area contributed by atoms with Crippen LogP contribution < -0.4 is 33.7 Å². The molecule has 5 aromatic rings. The Bertz CT molecular complexity index is 3140. The number of sulfonamides is 1. The summed E-state index contributed by atoms with van der Waals surface area (Å²) < 4.78 is 113. The number of thioether (sulfide) groups is 2. The van der Waals surface area contributed by atoms with Crippen molar-refractivity contribution in [1.29, 1.82) is 0 Å². The highest BCUT2D eigenvalue weighted by Gasteiger charge is 2.43. The third kappa shape index (κ3) is 17.3. The maximum Gasteiger partial charge on any atom is 0.387 e. The Morgan fingerprint density at radius 3 is 1.60 bits per heavy atom. The molecule has 18 nitrogen and oxygen atoms in total. The van der Waals surface area contributed by atoms with Gasteiger partial charge in [-0.3, -0.25) is 5.32 Å². The first-order valence-corrected chi connectivity index (χ1v) is 29.5. The number of benzene rings is 3. The van der Waals surface area contributed by atoms with Crippen LogP contribution in [0.15, 0.2) is 90.3 Å². The number of carboxylic acid groups (broad SMARTS) is 1. The van der Waals surface area contributed by atoms with Crippen molar-refractivity contribution in [2.24, 2.45) is 11.8 Å². The van der Waals surface area contributed by atoms with Crippen LogP contribution in [-0.4, -0.2) is 97.5 Å². The van der Waals surface area contributed by atoms with Crippen LogP contribution in [0.1, 0.15) is 70.5 Å². The third-order valence-corrected chi connectivity index (χ3v) is 18.1. The molecule has 0 unspecified atom stereocenters. The SMILES string of the molecule is Cl.O=C(O)c1cccc(S(=O)(=O)N2CCS[C@H]2C(=O)O[C@@H](Cc2c(Cl)c[n+]([O-])cc2Cl)c2ccc(OC(F)F)c(OCC3CC3)c2)c1.O=C(O[C@@H](Cc1c(Cl)c[n+]([O-])cc1Cl)c1ccc(OC(F)F)c(OCC2CC2)c1)[C@H]1NCCS1. The Morgan fingerprint density at radius 1 is 0.691 bits per heavy atom. The minimum absolute atomic E-state index is 0. The Labute approximate surface area is 496 Å². The molecule has 4 aliphatic rings. The van der Waals surface area contributed by atoms with E-state index in [0.29, 0.717) is 39.7 Å². The molecule has 0 spiro atoms. The first-order chi connectivity index (χ1) is 38.1. The molecule has 30 heteroatoms. The molecule has 438 valence electrons. The molecular formula is C51H49Cl5F4N4O14S3. The summed E-state index contributed by atoms with van der Waals surface area (Å²) in [5, 5.41) is 34.1. The van der Waals surface area contributed by atoms with Crippen molar-refractivity contribution >= 4 is 110 Å². The highest BCUT2D eigenvalue weighted by atomic mass is 35.5. The van der Waals surface area contributed by atoms with Crippen LogP contribution >= 0.6 is 82.3 Å². The van der Waals surface area contributed by atoms with Crippen molar-refractivity contribution in [1.82, 2.24) is 9.62 Å². The summed E-state index contributed by atoms with van der Waals surface area (Å²) in [5.74, 6) is -1.36. The highest BCUT2D eigenvalue weighted by Crippen LogP contribution is 2.41. The number of carboxylic acids is 1. The molecule has 81 heavy (non-hydrogen) atoms. The van der Waals surface area contributed by atoms with Gasteiger partial charge in [0.1, 0.15) is 32.3 Å². The lowest BCUT2D eigenvalue weighted by atomic mass is 10.0. The van der Waals surface area contributed by atoms with Gasteiger partial charge in [-0.1, -0.05) is 64.6 Å². The molecule has 2 aromatic heterocycles. The molecule has 2 saturated heterocycles. The number of carbonyl (C=O) groups is 3. The smallest absolute Gasteiger partial charge is 0.387 e. The summed E-state index contributed by atoms with van der Waals surface area (Å²) in [6.45, 7) is -4.92. The minimum atomic E-state index is -4.34. The number of nitrogens with zero attached hydrogens (tertiary/aromatic N) is 3. The molecule has 4 atom stereocenters. The molecule has 9 rings (SSSR count). The lowest BCUT2D eigenvalue weighted by molar-refractivity contribution is -0.605. The van der Waals surface area contributed by atoms with Crippen LogP contribution in [0, 0.1) is 22.3 Å². The Kier molecular flexibility index (Phi) is 22.3. The van der Waals surface area contributed by atoms with Crippen molar-refractivity contribution in [2.45, 2.75) is 79.6 Å². The zero-order chi connectivity index (χ0) is 57.4. The number of ether oxygens (including phenoxy) is 6. The summed E-state index contributed by atoms with van der Waals surface area (Å²) in [6, 6.07) is 13.1. The number of hydrogen-bond acceptors (Lipinski definition) is 16. The number of carbonyl (C=O) groups excluding carboxylic acids is 2. The lowest BCUT2D eigenvalue weighted by Gasteiger charge is -2.26. The van der Waals surface area contributed by atoms with Gasteiger partial charge in [-0.25, -0.2) is 22.8 Å². The Morgan fingerprint density at radius 2 is 1.17 bits per heavy atom. The predicted octanol–water partition coefficient (Wildman–Crippen LogP) is 10.2. The van der Waals surface area contributed by atoms with Gasteiger partial charge in [-0.15, -0.1) is 35.9 Å². The number of rotatable bonds is 23. The maximum absolute atomic E-state index is 13.7. The number of aromatic carboxylic acids is 1. The molecular weight excluding hydrogens is 1240 g/mol. The van der Waals surface area contributed by atoms with Crippen molar-refractivity contribution in [3.8, 4) is 23.0 Å². The zero-order valence-electron chi connectivity index (χ0n) is 41.9. The molecule has 2 saturated carbocycles. The van der Waals surface area contributed by atoms with E-state index < -0.39 is 64.1 Å². The first-order valence-electron chi connectivity index (χ1n) is 24.4. The number of halogens is 9. The van der Waals surface area contributed by atoms with Crippen LogP contribution in [0.5, 0.6) is 23.0 Å². The molecule has 0 bridgehead atoms. The summed E-state index contributed by atoms with van der Waals surface area (Å²) in [4.78, 5) is 37.6. The van der Waals surface area contributed by atoms with E-state index in [9.17, 15) is 55.9 Å².